The number of aromatic nitrogens is 1. The van der Waals surface area contributed by atoms with Gasteiger partial charge in [-0.25, -0.2) is 9.37 Å². The second-order valence-electron chi connectivity index (χ2n) is 8.02. The summed E-state index contributed by atoms with van der Waals surface area (Å²) >= 11 is 0. The molecule has 0 spiro atoms. The Kier molecular flexibility index (Phi) is 5.05. The molecule has 4 rings (SSSR count). The van der Waals surface area contributed by atoms with Crippen molar-refractivity contribution in [3.8, 4) is 5.88 Å². The van der Waals surface area contributed by atoms with Crippen molar-refractivity contribution in [3.05, 3.63) is 88.9 Å². The number of fused-ring (bicyclic) bond motifs is 1. The van der Waals surface area contributed by atoms with E-state index < -0.39 is 0 Å². The Morgan fingerprint density at radius 2 is 1.83 bits per heavy atom. The maximum absolute atomic E-state index is 13.3. The number of carbonyl (C=O) groups is 1. The monoisotopic (exact) mass is 390 g/mol. The lowest BCUT2D eigenvalue weighted by Crippen LogP contribution is -2.27. The highest BCUT2D eigenvalue weighted by atomic mass is 19.1. The second kappa shape index (κ2) is 7.66. The summed E-state index contributed by atoms with van der Waals surface area (Å²) in [4.78, 5) is 18.1. The van der Waals surface area contributed by atoms with Crippen LogP contribution in [0.3, 0.4) is 0 Å². The maximum atomic E-state index is 13.3. The van der Waals surface area contributed by atoms with Crippen molar-refractivity contribution < 1.29 is 13.9 Å². The minimum atomic E-state index is -0.268. The van der Waals surface area contributed by atoms with Gasteiger partial charge >= 0.3 is 0 Å². The van der Waals surface area contributed by atoms with Crippen LogP contribution in [-0.2, 0) is 23.2 Å². The molecule has 2 heterocycles. The molecule has 0 fully saturated rings. The molecule has 0 saturated carbocycles. The van der Waals surface area contributed by atoms with Gasteiger partial charge in [-0.3, -0.25) is 4.79 Å². The third-order valence-electron chi connectivity index (χ3n) is 5.21. The number of benzene rings is 2. The number of hydrogen-bond acceptors (Lipinski definition) is 3. The molecule has 0 radical (unpaired) electrons. The zero-order valence-electron chi connectivity index (χ0n) is 16.6. The maximum Gasteiger partial charge on any atom is 0.217 e. The number of hydrogen-bond donors (Lipinski definition) is 0. The molecule has 1 amide bonds. The van der Waals surface area contributed by atoms with Gasteiger partial charge in [0.2, 0.25) is 12.3 Å². The van der Waals surface area contributed by atoms with Gasteiger partial charge in [-0.2, -0.15) is 0 Å². The Morgan fingerprint density at radius 1 is 1.10 bits per heavy atom. The smallest absolute Gasteiger partial charge is 0.217 e. The zero-order valence-corrected chi connectivity index (χ0v) is 16.6. The topological polar surface area (TPSA) is 42.4 Å². The molecule has 1 aliphatic heterocycles. The molecule has 0 saturated heterocycles. The summed E-state index contributed by atoms with van der Waals surface area (Å²) in [6.07, 6.45) is 1.39. The minimum absolute atomic E-state index is 0.254. The Hall–Kier alpha value is -3.21. The van der Waals surface area contributed by atoms with Crippen LogP contribution >= 0.6 is 0 Å². The molecule has 29 heavy (non-hydrogen) atoms. The van der Waals surface area contributed by atoms with Crippen molar-refractivity contribution in [2.75, 3.05) is 11.4 Å². The molecule has 4 nitrogen and oxygen atoms in total. The van der Waals surface area contributed by atoms with Crippen molar-refractivity contribution in [1.82, 2.24) is 4.98 Å². The predicted molar refractivity (Wildman–Crippen MR) is 111 cm³/mol. The van der Waals surface area contributed by atoms with Gasteiger partial charge < -0.3 is 9.64 Å². The van der Waals surface area contributed by atoms with Crippen LogP contribution in [0.15, 0.2) is 60.7 Å². The Balaban J connectivity index is 1.72. The van der Waals surface area contributed by atoms with Crippen molar-refractivity contribution >= 4 is 12.1 Å². The highest BCUT2D eigenvalue weighted by molar-refractivity contribution is 5.81. The summed E-state index contributed by atoms with van der Waals surface area (Å²) in [5.41, 5.74) is 4.29. The van der Waals surface area contributed by atoms with Crippen LogP contribution in [0, 0.1) is 5.82 Å². The first-order valence-electron chi connectivity index (χ1n) is 9.64. The van der Waals surface area contributed by atoms with Gasteiger partial charge in [0, 0.05) is 23.9 Å². The Morgan fingerprint density at radius 3 is 2.52 bits per heavy atom. The van der Waals surface area contributed by atoms with Gasteiger partial charge in [-0.05, 0) is 29.3 Å². The number of amides is 1. The summed E-state index contributed by atoms with van der Waals surface area (Å²) < 4.78 is 19.4. The summed E-state index contributed by atoms with van der Waals surface area (Å²) in [6.45, 7) is 5.13. The van der Waals surface area contributed by atoms with Crippen molar-refractivity contribution in [1.29, 1.82) is 0 Å². The lowest BCUT2D eigenvalue weighted by Gasteiger charge is -2.18. The fourth-order valence-electron chi connectivity index (χ4n) is 3.72. The van der Waals surface area contributed by atoms with Gasteiger partial charge in [0.25, 0.3) is 0 Å². The predicted octanol–water partition coefficient (Wildman–Crippen LogP) is 4.64. The number of nitrogens with zero attached hydrogens (tertiary/aromatic N) is 2. The number of ether oxygens (including phenoxy) is 1. The SMILES string of the molecule is CC1(C)CN(C=O)c2cc(Cc3ccc(F)cc3)c(OCc3ccccc3)nc21. The standard InChI is InChI=1S/C24H23FN2O2/c1-24(2)15-27(16-28)21-13-19(12-17-8-10-20(25)11-9-17)23(26-22(21)24)29-14-18-6-4-3-5-7-18/h3-11,13,16H,12,14-15H2,1-2H3. The largest absolute Gasteiger partial charge is 0.473 e. The molecule has 0 N–H and O–H groups in total. The molecule has 3 aromatic rings. The number of anilines is 1. The molecule has 5 heteroatoms. The van der Waals surface area contributed by atoms with Crippen LogP contribution in [0.1, 0.15) is 36.2 Å². The number of halogens is 1. The van der Waals surface area contributed by atoms with E-state index in [2.05, 4.69) is 13.8 Å². The molecule has 2 aromatic carbocycles. The molecule has 1 aliphatic rings. The number of pyridine rings is 1. The molecule has 0 bridgehead atoms. The molecular formula is C24H23FN2O2. The normalized spacial score (nSPS) is 14.5. The second-order valence-corrected chi connectivity index (χ2v) is 8.02. The van der Waals surface area contributed by atoms with E-state index in [-0.39, 0.29) is 11.2 Å². The van der Waals surface area contributed by atoms with Crippen LogP contribution in [0.25, 0.3) is 0 Å². The van der Waals surface area contributed by atoms with Gasteiger partial charge in [0.1, 0.15) is 12.4 Å². The zero-order chi connectivity index (χ0) is 20.4. The summed E-state index contributed by atoms with van der Waals surface area (Å²) in [5.74, 6) is 0.285. The molecule has 148 valence electrons. The van der Waals surface area contributed by atoms with Crippen molar-refractivity contribution in [3.63, 3.8) is 0 Å². The fourth-order valence-corrected chi connectivity index (χ4v) is 3.72. The van der Waals surface area contributed by atoms with Crippen molar-refractivity contribution in [2.24, 2.45) is 0 Å². The third kappa shape index (κ3) is 3.99. The average Bonchev–Trinajstić information content (AvgIpc) is 2.98. The summed E-state index contributed by atoms with van der Waals surface area (Å²) in [6, 6.07) is 18.3. The molecule has 0 aliphatic carbocycles. The first-order chi connectivity index (χ1) is 14.0. The average molecular weight is 390 g/mol. The summed E-state index contributed by atoms with van der Waals surface area (Å²) in [5, 5.41) is 0. The first-order valence-corrected chi connectivity index (χ1v) is 9.64. The van der Waals surface area contributed by atoms with E-state index >= 15 is 0 Å². The van der Waals surface area contributed by atoms with Crippen LogP contribution in [0.4, 0.5) is 10.1 Å². The quantitative estimate of drug-likeness (QED) is 0.576. The highest BCUT2D eigenvalue weighted by Gasteiger charge is 2.37. The number of carbonyl (C=O) groups excluding carboxylic acids is 1. The van der Waals surface area contributed by atoms with E-state index in [1.165, 1.54) is 12.1 Å². The van der Waals surface area contributed by atoms with Gasteiger partial charge in [0.15, 0.2) is 0 Å². The van der Waals surface area contributed by atoms with Gasteiger partial charge in [-0.15, -0.1) is 0 Å². The van der Waals surface area contributed by atoms with Crippen LogP contribution in [0.5, 0.6) is 5.88 Å². The molecular weight excluding hydrogens is 367 g/mol. The van der Waals surface area contributed by atoms with Crippen LogP contribution < -0.4 is 9.64 Å². The van der Waals surface area contributed by atoms with E-state index in [1.807, 2.05) is 36.4 Å². The lowest BCUT2D eigenvalue weighted by atomic mass is 9.91. The van der Waals surface area contributed by atoms with Crippen LogP contribution in [0.2, 0.25) is 0 Å². The lowest BCUT2D eigenvalue weighted by molar-refractivity contribution is -0.107. The van der Waals surface area contributed by atoms with E-state index in [1.54, 1.807) is 17.0 Å². The van der Waals surface area contributed by atoms with Crippen molar-refractivity contribution in [2.45, 2.75) is 32.3 Å². The highest BCUT2D eigenvalue weighted by Crippen LogP contribution is 2.41. The van der Waals surface area contributed by atoms with Gasteiger partial charge in [-0.1, -0.05) is 56.3 Å². The molecule has 1 aromatic heterocycles. The van der Waals surface area contributed by atoms with E-state index in [9.17, 15) is 9.18 Å². The molecule has 0 unspecified atom stereocenters. The minimum Gasteiger partial charge on any atom is -0.473 e. The van der Waals surface area contributed by atoms with E-state index in [4.69, 9.17) is 9.72 Å². The van der Waals surface area contributed by atoms with Crippen LogP contribution in [-0.4, -0.2) is 17.9 Å². The Bertz CT molecular complexity index is 1020. The van der Waals surface area contributed by atoms with Gasteiger partial charge in [0.05, 0.1) is 11.4 Å². The third-order valence-corrected chi connectivity index (χ3v) is 5.21. The fraction of sp³-hybridized carbons (Fsp3) is 0.250. The molecule has 0 atom stereocenters. The Labute approximate surface area is 170 Å². The summed E-state index contributed by atoms with van der Waals surface area (Å²) in [7, 11) is 0. The van der Waals surface area contributed by atoms with E-state index in [0.717, 1.165) is 34.5 Å². The number of rotatable bonds is 6. The first kappa shape index (κ1) is 19.1. The van der Waals surface area contributed by atoms with E-state index in [0.29, 0.717) is 25.5 Å².